The van der Waals surface area contributed by atoms with Crippen LogP contribution in [0, 0.1) is 11.3 Å². The molecule has 28 heavy (non-hydrogen) atoms. The van der Waals surface area contributed by atoms with Gasteiger partial charge in [0.15, 0.2) is 0 Å². The summed E-state index contributed by atoms with van der Waals surface area (Å²) in [7, 11) is 0. The maximum absolute atomic E-state index is 12.3. The Labute approximate surface area is 169 Å². The number of nitrogens with zero attached hydrogens (tertiary/aromatic N) is 2. The first-order valence-electron chi connectivity index (χ1n) is 8.35. The van der Waals surface area contributed by atoms with Gasteiger partial charge in [-0.05, 0) is 41.5 Å². The van der Waals surface area contributed by atoms with Gasteiger partial charge < -0.3 is 10.1 Å². The number of pyridine rings is 1. The number of carbonyl (C=O) groups excluding carboxylic acids is 1. The molecule has 0 aliphatic carbocycles. The highest BCUT2D eigenvalue weighted by Crippen LogP contribution is 2.18. The first-order chi connectivity index (χ1) is 13.2. The van der Waals surface area contributed by atoms with E-state index in [0.717, 1.165) is 5.56 Å². The van der Waals surface area contributed by atoms with E-state index in [-0.39, 0.29) is 18.0 Å². The van der Waals surface area contributed by atoms with E-state index in [1.54, 1.807) is 36.5 Å². The van der Waals surface area contributed by atoms with Gasteiger partial charge in [-0.3, -0.25) is 4.79 Å². The van der Waals surface area contributed by atoms with E-state index >= 15 is 0 Å². The van der Waals surface area contributed by atoms with E-state index in [4.69, 9.17) is 4.74 Å². The van der Waals surface area contributed by atoms with E-state index in [0.29, 0.717) is 23.7 Å². The average molecular weight is 392 g/mol. The molecule has 0 aliphatic rings. The molecule has 3 rings (SSSR count). The van der Waals surface area contributed by atoms with E-state index < -0.39 is 5.91 Å². The Bertz CT molecular complexity index is 983. The van der Waals surface area contributed by atoms with Crippen LogP contribution in [0.2, 0.25) is 0 Å². The van der Waals surface area contributed by atoms with Gasteiger partial charge in [0.1, 0.15) is 29.8 Å². The summed E-state index contributed by atoms with van der Waals surface area (Å²) < 4.78 is 5.78. The molecule has 1 aromatic heterocycles. The molecular weight excluding hydrogens is 374 g/mol. The van der Waals surface area contributed by atoms with Crippen molar-refractivity contribution in [1.29, 1.82) is 5.26 Å². The van der Waals surface area contributed by atoms with Crippen LogP contribution in [0.3, 0.4) is 0 Å². The summed E-state index contributed by atoms with van der Waals surface area (Å²) in [5.74, 6) is 0.547. The van der Waals surface area contributed by atoms with Crippen molar-refractivity contribution >= 4 is 30.2 Å². The predicted octanol–water partition coefficient (Wildman–Crippen LogP) is 4.63. The van der Waals surface area contributed by atoms with Gasteiger partial charge >= 0.3 is 0 Å². The molecule has 3 aromatic rings. The van der Waals surface area contributed by atoms with Crippen LogP contribution >= 0.6 is 12.4 Å². The summed E-state index contributed by atoms with van der Waals surface area (Å²) in [6.45, 7) is 0.444. The van der Waals surface area contributed by atoms with Gasteiger partial charge in [0, 0.05) is 6.20 Å². The Morgan fingerprint density at radius 1 is 1.07 bits per heavy atom. The van der Waals surface area contributed by atoms with Crippen LogP contribution in [0.15, 0.2) is 84.6 Å². The minimum atomic E-state index is -0.508. The van der Waals surface area contributed by atoms with Crippen molar-refractivity contribution in [2.24, 2.45) is 0 Å². The number of nitrogens with one attached hydrogen (secondary N) is 1. The number of halogens is 1. The van der Waals surface area contributed by atoms with E-state index in [9.17, 15) is 10.1 Å². The van der Waals surface area contributed by atoms with Crippen molar-refractivity contribution in [2.75, 3.05) is 5.32 Å². The zero-order chi connectivity index (χ0) is 18.9. The molecule has 0 radical (unpaired) electrons. The molecule has 1 heterocycles. The lowest BCUT2D eigenvalue weighted by molar-refractivity contribution is -0.112. The predicted molar refractivity (Wildman–Crippen MR) is 111 cm³/mol. The topological polar surface area (TPSA) is 75.0 Å². The second-order valence-electron chi connectivity index (χ2n) is 5.69. The normalized spacial score (nSPS) is 10.3. The molecule has 1 N–H and O–H groups in total. The Kier molecular flexibility index (Phi) is 7.77. The third kappa shape index (κ3) is 5.97. The number of benzene rings is 2. The van der Waals surface area contributed by atoms with E-state index in [1.165, 1.54) is 6.08 Å². The van der Waals surface area contributed by atoms with Crippen molar-refractivity contribution in [3.05, 3.63) is 95.7 Å². The van der Waals surface area contributed by atoms with E-state index in [1.807, 2.05) is 48.5 Å². The molecule has 0 aliphatic heterocycles. The summed E-state index contributed by atoms with van der Waals surface area (Å²) in [5, 5.41) is 11.9. The summed E-state index contributed by atoms with van der Waals surface area (Å²) in [6, 6.07) is 24.2. The van der Waals surface area contributed by atoms with E-state index in [2.05, 4.69) is 10.3 Å². The quantitative estimate of drug-likeness (QED) is 0.491. The number of anilines is 1. The molecule has 0 spiro atoms. The maximum Gasteiger partial charge on any atom is 0.267 e. The fourth-order valence-electron chi connectivity index (χ4n) is 2.37. The average Bonchev–Trinajstić information content (AvgIpc) is 2.72. The fourth-order valence-corrected chi connectivity index (χ4v) is 2.37. The highest BCUT2D eigenvalue weighted by molar-refractivity contribution is 6.09. The van der Waals surface area contributed by atoms with Crippen molar-refractivity contribution in [2.45, 2.75) is 6.61 Å². The molecular formula is C22H18ClN3O2. The Balaban J connectivity index is 0.00000280. The summed E-state index contributed by atoms with van der Waals surface area (Å²) in [5.41, 5.74) is 1.75. The Hall–Kier alpha value is -3.62. The molecule has 0 saturated carbocycles. The third-order valence-corrected chi connectivity index (χ3v) is 3.69. The standard InChI is InChI=1S/C22H17N3O2.ClH/c23-15-19(22(26)25-21-11-4-5-12-24-21)13-18-9-6-10-20(14-18)27-16-17-7-2-1-3-8-17;/h1-14H,16H2,(H,24,25,26);1H/b19-13+;. The Morgan fingerprint density at radius 3 is 2.57 bits per heavy atom. The maximum atomic E-state index is 12.3. The molecule has 140 valence electrons. The first kappa shape index (κ1) is 20.7. The van der Waals surface area contributed by atoms with Gasteiger partial charge in [0.05, 0.1) is 0 Å². The molecule has 0 atom stereocenters. The molecule has 5 nitrogen and oxygen atoms in total. The number of rotatable bonds is 6. The van der Waals surface area contributed by atoms with Crippen molar-refractivity contribution in [1.82, 2.24) is 4.98 Å². The SMILES string of the molecule is Cl.N#C/C(=C\c1cccc(OCc2ccccc2)c1)C(=O)Nc1ccccn1. The van der Waals surface area contributed by atoms with Crippen LogP contribution in [0.25, 0.3) is 6.08 Å². The fraction of sp³-hybridized carbons (Fsp3) is 0.0455. The number of carbonyl (C=O) groups is 1. The van der Waals surface area contributed by atoms with Crippen LogP contribution in [0.5, 0.6) is 5.75 Å². The zero-order valence-electron chi connectivity index (χ0n) is 14.9. The smallest absolute Gasteiger partial charge is 0.267 e. The highest BCUT2D eigenvalue weighted by atomic mass is 35.5. The number of amides is 1. The molecule has 2 aromatic carbocycles. The summed E-state index contributed by atoms with van der Waals surface area (Å²) >= 11 is 0. The molecule has 0 bridgehead atoms. The lowest BCUT2D eigenvalue weighted by atomic mass is 10.1. The van der Waals surface area contributed by atoms with Crippen LogP contribution in [0.4, 0.5) is 5.82 Å². The second kappa shape index (κ2) is 10.5. The number of aromatic nitrogens is 1. The second-order valence-corrected chi connectivity index (χ2v) is 5.69. The van der Waals surface area contributed by atoms with Gasteiger partial charge in [0.2, 0.25) is 0 Å². The highest BCUT2D eigenvalue weighted by Gasteiger charge is 2.10. The first-order valence-corrected chi connectivity index (χ1v) is 8.35. The lowest BCUT2D eigenvalue weighted by Crippen LogP contribution is -2.14. The molecule has 0 unspecified atom stereocenters. The molecule has 0 fully saturated rings. The largest absolute Gasteiger partial charge is 0.489 e. The van der Waals surface area contributed by atoms with Crippen LogP contribution in [0.1, 0.15) is 11.1 Å². The number of hydrogen-bond donors (Lipinski definition) is 1. The van der Waals surface area contributed by atoms with Crippen LogP contribution < -0.4 is 10.1 Å². The minimum Gasteiger partial charge on any atom is -0.489 e. The number of hydrogen-bond acceptors (Lipinski definition) is 4. The van der Waals surface area contributed by atoms with Gasteiger partial charge in [-0.1, -0.05) is 48.5 Å². The van der Waals surface area contributed by atoms with Crippen LogP contribution in [-0.2, 0) is 11.4 Å². The number of nitriles is 1. The molecule has 0 saturated heterocycles. The monoisotopic (exact) mass is 391 g/mol. The molecule has 1 amide bonds. The summed E-state index contributed by atoms with van der Waals surface area (Å²) in [6.07, 6.45) is 3.09. The lowest BCUT2D eigenvalue weighted by Gasteiger charge is -2.07. The van der Waals surface area contributed by atoms with Crippen molar-refractivity contribution < 1.29 is 9.53 Å². The van der Waals surface area contributed by atoms with Crippen molar-refractivity contribution in [3.63, 3.8) is 0 Å². The van der Waals surface area contributed by atoms with Gasteiger partial charge in [-0.2, -0.15) is 5.26 Å². The third-order valence-electron chi connectivity index (χ3n) is 3.69. The molecule has 6 heteroatoms. The zero-order valence-corrected chi connectivity index (χ0v) is 15.7. The van der Waals surface area contributed by atoms with Crippen LogP contribution in [-0.4, -0.2) is 10.9 Å². The minimum absolute atomic E-state index is 0. The summed E-state index contributed by atoms with van der Waals surface area (Å²) in [4.78, 5) is 16.3. The van der Waals surface area contributed by atoms with Gasteiger partial charge in [-0.25, -0.2) is 4.98 Å². The Morgan fingerprint density at radius 2 is 1.86 bits per heavy atom. The van der Waals surface area contributed by atoms with Crippen molar-refractivity contribution in [3.8, 4) is 11.8 Å². The van der Waals surface area contributed by atoms with Gasteiger partial charge in [-0.15, -0.1) is 12.4 Å². The van der Waals surface area contributed by atoms with Gasteiger partial charge in [0.25, 0.3) is 5.91 Å². The number of ether oxygens (including phenoxy) is 1.